The lowest BCUT2D eigenvalue weighted by molar-refractivity contribution is -0.146. The van der Waals surface area contributed by atoms with Crippen LogP contribution in [0.2, 0.25) is 0 Å². The van der Waals surface area contributed by atoms with E-state index in [9.17, 15) is 14.7 Å². The van der Waals surface area contributed by atoms with E-state index in [1.807, 2.05) is 0 Å². The van der Waals surface area contributed by atoms with Crippen molar-refractivity contribution >= 4 is 12.1 Å². The van der Waals surface area contributed by atoms with Gasteiger partial charge in [0.1, 0.15) is 6.04 Å². The fourth-order valence-corrected chi connectivity index (χ4v) is 3.04. The Morgan fingerprint density at radius 2 is 1.61 bits per heavy atom. The van der Waals surface area contributed by atoms with Gasteiger partial charge in [-0.2, -0.15) is 0 Å². The molecule has 0 aliphatic carbocycles. The molecule has 2 N–H and O–H groups in total. The van der Waals surface area contributed by atoms with E-state index in [0.717, 1.165) is 32.2 Å². The summed E-state index contributed by atoms with van der Waals surface area (Å²) in [7, 11) is 0. The molecule has 2 fully saturated rings. The van der Waals surface area contributed by atoms with Gasteiger partial charge < -0.3 is 15.1 Å². The maximum Gasteiger partial charge on any atom is 0.407 e. The van der Waals surface area contributed by atoms with Crippen LogP contribution < -0.4 is 0 Å². The molecule has 6 nitrogen and oxygen atoms in total. The summed E-state index contributed by atoms with van der Waals surface area (Å²) in [5, 5.41) is 18.1. The maximum atomic E-state index is 11.2. The second-order valence-corrected chi connectivity index (χ2v) is 5.09. The van der Waals surface area contributed by atoms with E-state index >= 15 is 0 Å². The van der Waals surface area contributed by atoms with Gasteiger partial charge in [0, 0.05) is 19.1 Å². The lowest BCUT2D eigenvalue weighted by Gasteiger charge is -2.42. The number of carbonyl (C=O) groups is 2. The first-order chi connectivity index (χ1) is 8.59. The molecular formula is C12H20N2O4. The van der Waals surface area contributed by atoms with E-state index in [1.165, 1.54) is 4.90 Å². The number of aliphatic carboxylic acids is 1. The molecule has 18 heavy (non-hydrogen) atoms. The van der Waals surface area contributed by atoms with Crippen LogP contribution >= 0.6 is 0 Å². The molecule has 2 saturated heterocycles. The molecular weight excluding hydrogens is 236 g/mol. The van der Waals surface area contributed by atoms with Gasteiger partial charge in [-0.3, -0.25) is 9.69 Å². The molecule has 0 bridgehead atoms. The summed E-state index contributed by atoms with van der Waals surface area (Å²) in [6.07, 6.45) is 3.35. The Balaban J connectivity index is 1.94. The van der Waals surface area contributed by atoms with Crippen molar-refractivity contribution in [3.63, 3.8) is 0 Å². The molecule has 0 saturated carbocycles. The van der Waals surface area contributed by atoms with Crippen LogP contribution in [-0.2, 0) is 4.79 Å². The minimum Gasteiger partial charge on any atom is -0.480 e. The summed E-state index contributed by atoms with van der Waals surface area (Å²) in [5.41, 5.74) is 0. The smallest absolute Gasteiger partial charge is 0.407 e. The lowest BCUT2D eigenvalue weighted by Crippen LogP contribution is -2.54. The van der Waals surface area contributed by atoms with Crippen LogP contribution in [-0.4, -0.2) is 63.8 Å². The third kappa shape index (κ3) is 2.75. The van der Waals surface area contributed by atoms with Gasteiger partial charge >= 0.3 is 12.1 Å². The van der Waals surface area contributed by atoms with Crippen molar-refractivity contribution in [2.24, 2.45) is 0 Å². The van der Waals surface area contributed by atoms with Crippen LogP contribution in [0.5, 0.6) is 0 Å². The van der Waals surface area contributed by atoms with Gasteiger partial charge in [-0.25, -0.2) is 4.79 Å². The van der Waals surface area contributed by atoms with Crippen molar-refractivity contribution in [1.29, 1.82) is 0 Å². The number of piperidine rings is 2. The number of amides is 1. The number of rotatable bonds is 2. The first-order valence-electron chi connectivity index (χ1n) is 6.56. The molecule has 102 valence electrons. The zero-order valence-electron chi connectivity index (χ0n) is 10.4. The Labute approximate surface area is 106 Å². The minimum absolute atomic E-state index is 0.224. The van der Waals surface area contributed by atoms with Gasteiger partial charge in [-0.1, -0.05) is 6.42 Å². The standard InChI is InChI=1S/C12H20N2O4/c15-11(16)10-3-1-2-6-14(10)9-4-7-13(8-5-9)12(17)18/h9-10H,1-8H2,(H,15,16)(H,17,18)/t10-/m1/s1. The zero-order valence-corrected chi connectivity index (χ0v) is 10.4. The molecule has 1 amide bonds. The largest absolute Gasteiger partial charge is 0.480 e. The lowest BCUT2D eigenvalue weighted by atomic mass is 9.95. The topological polar surface area (TPSA) is 81.1 Å². The van der Waals surface area contributed by atoms with E-state index < -0.39 is 12.1 Å². The molecule has 0 aromatic heterocycles. The quantitative estimate of drug-likeness (QED) is 0.772. The fraction of sp³-hybridized carbons (Fsp3) is 0.833. The SMILES string of the molecule is O=C(O)[C@H]1CCCCN1C1CCN(C(=O)O)CC1. The Morgan fingerprint density at radius 1 is 0.944 bits per heavy atom. The van der Waals surface area contributed by atoms with Crippen LogP contribution in [0.3, 0.4) is 0 Å². The molecule has 0 unspecified atom stereocenters. The molecule has 2 rings (SSSR count). The van der Waals surface area contributed by atoms with Gasteiger partial charge in [-0.05, 0) is 32.2 Å². The molecule has 0 aromatic rings. The van der Waals surface area contributed by atoms with Crippen LogP contribution in [0.4, 0.5) is 4.79 Å². The average molecular weight is 256 g/mol. The number of hydrogen-bond donors (Lipinski definition) is 2. The summed E-state index contributed by atoms with van der Waals surface area (Å²) >= 11 is 0. The van der Waals surface area contributed by atoms with E-state index in [1.54, 1.807) is 0 Å². The number of carboxylic acids is 1. The third-order valence-corrected chi connectivity index (χ3v) is 4.03. The molecule has 0 aromatic carbocycles. The summed E-state index contributed by atoms with van der Waals surface area (Å²) in [6, 6.07) is -0.151. The predicted octanol–water partition coefficient (Wildman–Crippen LogP) is 1.07. The number of likely N-dealkylation sites (tertiary alicyclic amines) is 2. The van der Waals surface area contributed by atoms with Gasteiger partial charge in [0.15, 0.2) is 0 Å². The van der Waals surface area contributed by atoms with E-state index in [-0.39, 0.29) is 12.1 Å². The third-order valence-electron chi connectivity index (χ3n) is 4.03. The van der Waals surface area contributed by atoms with Crippen molar-refractivity contribution in [2.75, 3.05) is 19.6 Å². The number of nitrogens with zero attached hydrogens (tertiary/aromatic N) is 2. The highest BCUT2D eigenvalue weighted by molar-refractivity contribution is 5.73. The summed E-state index contributed by atoms with van der Waals surface area (Å²) in [5.74, 6) is -0.740. The van der Waals surface area contributed by atoms with Gasteiger partial charge in [-0.15, -0.1) is 0 Å². The average Bonchev–Trinajstić information content (AvgIpc) is 2.39. The van der Waals surface area contributed by atoms with Crippen LogP contribution in [0, 0.1) is 0 Å². The molecule has 0 spiro atoms. The molecule has 2 aliphatic rings. The molecule has 2 aliphatic heterocycles. The predicted molar refractivity (Wildman–Crippen MR) is 64.6 cm³/mol. The van der Waals surface area contributed by atoms with Crippen molar-refractivity contribution < 1.29 is 19.8 Å². The summed E-state index contributed by atoms with van der Waals surface area (Å²) in [6.45, 7) is 1.86. The Hall–Kier alpha value is -1.30. The Kier molecular flexibility index (Phi) is 4.06. The normalized spacial score (nSPS) is 27.1. The monoisotopic (exact) mass is 256 g/mol. The first-order valence-corrected chi connectivity index (χ1v) is 6.56. The Bertz CT molecular complexity index is 326. The maximum absolute atomic E-state index is 11.2. The van der Waals surface area contributed by atoms with E-state index in [4.69, 9.17) is 5.11 Å². The molecule has 1 atom stereocenters. The molecule has 6 heteroatoms. The van der Waals surface area contributed by atoms with Gasteiger partial charge in [0.25, 0.3) is 0 Å². The van der Waals surface area contributed by atoms with Gasteiger partial charge in [0.2, 0.25) is 0 Å². The van der Waals surface area contributed by atoms with Crippen LogP contribution in [0.25, 0.3) is 0 Å². The number of carboxylic acid groups (broad SMARTS) is 2. The Morgan fingerprint density at radius 3 is 2.17 bits per heavy atom. The van der Waals surface area contributed by atoms with Crippen molar-refractivity contribution in [3.8, 4) is 0 Å². The van der Waals surface area contributed by atoms with Crippen molar-refractivity contribution in [2.45, 2.75) is 44.2 Å². The second kappa shape index (κ2) is 5.56. The summed E-state index contributed by atoms with van der Waals surface area (Å²) < 4.78 is 0. The van der Waals surface area contributed by atoms with Crippen LogP contribution in [0.15, 0.2) is 0 Å². The van der Waals surface area contributed by atoms with E-state index in [2.05, 4.69) is 4.90 Å². The van der Waals surface area contributed by atoms with Gasteiger partial charge in [0.05, 0.1) is 0 Å². The number of hydrogen-bond acceptors (Lipinski definition) is 3. The second-order valence-electron chi connectivity index (χ2n) is 5.09. The summed E-state index contributed by atoms with van der Waals surface area (Å²) in [4.78, 5) is 25.5. The molecule has 0 radical (unpaired) electrons. The zero-order chi connectivity index (χ0) is 13.1. The first kappa shape index (κ1) is 13.1. The highest BCUT2D eigenvalue weighted by Gasteiger charge is 2.35. The highest BCUT2D eigenvalue weighted by atomic mass is 16.4. The van der Waals surface area contributed by atoms with E-state index in [0.29, 0.717) is 19.5 Å². The molecule has 2 heterocycles. The van der Waals surface area contributed by atoms with Crippen molar-refractivity contribution in [1.82, 2.24) is 9.80 Å². The highest BCUT2D eigenvalue weighted by Crippen LogP contribution is 2.25. The fourth-order valence-electron chi connectivity index (χ4n) is 3.04. The minimum atomic E-state index is -0.873. The van der Waals surface area contributed by atoms with Crippen LogP contribution in [0.1, 0.15) is 32.1 Å². The van der Waals surface area contributed by atoms with Crippen molar-refractivity contribution in [3.05, 3.63) is 0 Å².